The summed E-state index contributed by atoms with van der Waals surface area (Å²) < 4.78 is 0. The van der Waals surface area contributed by atoms with E-state index in [1.807, 2.05) is 13.1 Å². The standard InChI is InChI=1S/C42H29N/c1-28-15-16-35(27-43-28)30-19-17-29(18-20-30)33-23-21-31-22-24-34(26-36(31)25-33)42-39-13-7-5-11-37(39)41(32-9-3-2-4-10-32)38-12-6-8-14-40(38)42/h2-27H,1H3. The van der Waals surface area contributed by atoms with Crippen molar-refractivity contribution in [3.05, 3.63) is 164 Å². The zero-order chi connectivity index (χ0) is 28.8. The van der Waals surface area contributed by atoms with Gasteiger partial charge < -0.3 is 0 Å². The van der Waals surface area contributed by atoms with Crippen LogP contribution in [0.3, 0.4) is 0 Å². The Hall–Kier alpha value is -5.53. The highest BCUT2D eigenvalue weighted by molar-refractivity contribution is 6.21. The van der Waals surface area contributed by atoms with Crippen LogP contribution in [0.5, 0.6) is 0 Å². The highest BCUT2D eigenvalue weighted by atomic mass is 14.7. The van der Waals surface area contributed by atoms with Gasteiger partial charge in [0.25, 0.3) is 0 Å². The molecule has 1 aromatic heterocycles. The lowest BCUT2D eigenvalue weighted by molar-refractivity contribution is 1.20. The van der Waals surface area contributed by atoms with Crippen LogP contribution < -0.4 is 0 Å². The number of fused-ring (bicyclic) bond motifs is 3. The van der Waals surface area contributed by atoms with E-state index in [-0.39, 0.29) is 0 Å². The molecule has 0 unspecified atom stereocenters. The molecule has 0 saturated heterocycles. The van der Waals surface area contributed by atoms with Crippen LogP contribution in [-0.4, -0.2) is 4.98 Å². The van der Waals surface area contributed by atoms with Crippen molar-refractivity contribution in [3.63, 3.8) is 0 Å². The second kappa shape index (κ2) is 10.4. The minimum Gasteiger partial charge on any atom is -0.261 e. The van der Waals surface area contributed by atoms with Crippen molar-refractivity contribution in [1.29, 1.82) is 0 Å². The topological polar surface area (TPSA) is 12.9 Å². The molecule has 0 aliphatic rings. The number of benzene rings is 7. The maximum atomic E-state index is 4.46. The molecule has 1 heteroatoms. The molecule has 0 bridgehead atoms. The fraction of sp³-hybridized carbons (Fsp3) is 0.0238. The van der Waals surface area contributed by atoms with Crippen LogP contribution in [0.15, 0.2) is 158 Å². The van der Waals surface area contributed by atoms with Crippen molar-refractivity contribution >= 4 is 32.3 Å². The fourth-order valence-corrected chi connectivity index (χ4v) is 6.43. The van der Waals surface area contributed by atoms with Gasteiger partial charge in [-0.05, 0) is 96.4 Å². The predicted octanol–water partition coefficient (Wildman–Crippen LogP) is 11.5. The smallest absolute Gasteiger partial charge is 0.0373 e. The van der Waals surface area contributed by atoms with Crippen molar-refractivity contribution in [2.75, 3.05) is 0 Å². The molecule has 43 heavy (non-hydrogen) atoms. The predicted molar refractivity (Wildman–Crippen MR) is 183 cm³/mol. The summed E-state index contributed by atoms with van der Waals surface area (Å²) in [5.41, 5.74) is 10.8. The molecular formula is C42H29N. The molecule has 0 aliphatic carbocycles. The van der Waals surface area contributed by atoms with Gasteiger partial charge in [-0.3, -0.25) is 4.98 Å². The lowest BCUT2D eigenvalue weighted by atomic mass is 9.85. The number of hydrogen-bond donors (Lipinski definition) is 0. The van der Waals surface area contributed by atoms with Gasteiger partial charge in [-0.25, -0.2) is 0 Å². The number of aromatic nitrogens is 1. The van der Waals surface area contributed by atoms with Crippen LogP contribution in [0.4, 0.5) is 0 Å². The van der Waals surface area contributed by atoms with Gasteiger partial charge in [-0.2, -0.15) is 0 Å². The first-order valence-corrected chi connectivity index (χ1v) is 14.8. The van der Waals surface area contributed by atoms with Crippen LogP contribution >= 0.6 is 0 Å². The minimum atomic E-state index is 1.03. The Bertz CT molecular complexity index is 2200. The second-order valence-electron chi connectivity index (χ2n) is 11.2. The van der Waals surface area contributed by atoms with E-state index in [0.29, 0.717) is 0 Å². The van der Waals surface area contributed by atoms with E-state index in [9.17, 15) is 0 Å². The third-order valence-corrected chi connectivity index (χ3v) is 8.59. The van der Waals surface area contributed by atoms with E-state index in [0.717, 1.165) is 11.3 Å². The van der Waals surface area contributed by atoms with Gasteiger partial charge in [0.15, 0.2) is 0 Å². The molecule has 0 saturated carbocycles. The van der Waals surface area contributed by atoms with Gasteiger partial charge >= 0.3 is 0 Å². The van der Waals surface area contributed by atoms with E-state index in [2.05, 4.69) is 157 Å². The van der Waals surface area contributed by atoms with Crippen molar-refractivity contribution in [1.82, 2.24) is 4.98 Å². The number of rotatable bonds is 4. The van der Waals surface area contributed by atoms with E-state index < -0.39 is 0 Å². The Kier molecular flexibility index (Phi) is 6.09. The van der Waals surface area contributed by atoms with Gasteiger partial charge in [-0.15, -0.1) is 0 Å². The van der Waals surface area contributed by atoms with Crippen LogP contribution in [0, 0.1) is 6.92 Å². The highest BCUT2D eigenvalue weighted by Crippen LogP contribution is 2.44. The molecule has 0 N–H and O–H groups in total. The Balaban J connectivity index is 1.27. The average molecular weight is 548 g/mol. The van der Waals surface area contributed by atoms with Gasteiger partial charge in [0.1, 0.15) is 0 Å². The highest BCUT2D eigenvalue weighted by Gasteiger charge is 2.16. The Morgan fingerprint density at radius 2 is 0.814 bits per heavy atom. The van der Waals surface area contributed by atoms with Gasteiger partial charge in [-0.1, -0.05) is 133 Å². The van der Waals surface area contributed by atoms with Crippen molar-refractivity contribution in [3.8, 4) is 44.5 Å². The Labute approximate surface area is 251 Å². The summed E-state index contributed by atoms with van der Waals surface area (Å²) >= 11 is 0. The third kappa shape index (κ3) is 4.47. The Morgan fingerprint density at radius 1 is 0.349 bits per heavy atom. The molecule has 0 aliphatic heterocycles. The molecule has 8 rings (SSSR count). The van der Waals surface area contributed by atoms with Gasteiger partial charge in [0, 0.05) is 17.5 Å². The van der Waals surface area contributed by atoms with Gasteiger partial charge in [0.2, 0.25) is 0 Å². The first-order valence-electron chi connectivity index (χ1n) is 14.8. The van der Waals surface area contributed by atoms with Crippen molar-refractivity contribution in [2.24, 2.45) is 0 Å². The minimum absolute atomic E-state index is 1.03. The lowest BCUT2D eigenvalue weighted by Gasteiger charge is -2.18. The van der Waals surface area contributed by atoms with E-state index in [1.165, 1.54) is 71.3 Å². The van der Waals surface area contributed by atoms with Crippen LogP contribution in [0.1, 0.15) is 5.69 Å². The summed E-state index contributed by atoms with van der Waals surface area (Å²) in [6.45, 7) is 2.02. The molecule has 0 atom stereocenters. The van der Waals surface area contributed by atoms with Crippen molar-refractivity contribution in [2.45, 2.75) is 6.92 Å². The number of pyridine rings is 1. The quantitative estimate of drug-likeness (QED) is 0.200. The zero-order valence-electron chi connectivity index (χ0n) is 24.0. The number of nitrogens with zero attached hydrogens (tertiary/aromatic N) is 1. The number of aryl methyl sites for hydroxylation is 1. The number of hydrogen-bond acceptors (Lipinski definition) is 1. The maximum Gasteiger partial charge on any atom is 0.0373 e. The molecule has 8 aromatic rings. The second-order valence-corrected chi connectivity index (χ2v) is 11.2. The van der Waals surface area contributed by atoms with Crippen LogP contribution in [-0.2, 0) is 0 Å². The van der Waals surface area contributed by atoms with Gasteiger partial charge in [0.05, 0.1) is 0 Å². The molecule has 202 valence electrons. The molecule has 7 aromatic carbocycles. The van der Waals surface area contributed by atoms with E-state index in [4.69, 9.17) is 0 Å². The largest absolute Gasteiger partial charge is 0.261 e. The lowest BCUT2D eigenvalue weighted by Crippen LogP contribution is -1.91. The zero-order valence-corrected chi connectivity index (χ0v) is 24.0. The fourth-order valence-electron chi connectivity index (χ4n) is 6.43. The van der Waals surface area contributed by atoms with E-state index in [1.54, 1.807) is 0 Å². The molecular weight excluding hydrogens is 518 g/mol. The normalized spacial score (nSPS) is 11.4. The SMILES string of the molecule is Cc1ccc(-c2ccc(-c3ccc4ccc(-c5c6ccccc6c(-c6ccccc6)c6ccccc56)cc4c3)cc2)cn1. The maximum absolute atomic E-state index is 4.46. The van der Waals surface area contributed by atoms with Crippen molar-refractivity contribution < 1.29 is 0 Å². The summed E-state index contributed by atoms with van der Waals surface area (Å²) in [6, 6.07) is 55.2. The molecule has 0 radical (unpaired) electrons. The van der Waals surface area contributed by atoms with Crippen LogP contribution in [0.2, 0.25) is 0 Å². The average Bonchev–Trinajstić information content (AvgIpc) is 3.07. The summed E-state index contributed by atoms with van der Waals surface area (Å²) in [4.78, 5) is 4.46. The molecule has 1 nitrogen and oxygen atoms in total. The summed E-state index contributed by atoms with van der Waals surface area (Å²) in [5, 5.41) is 7.58. The summed E-state index contributed by atoms with van der Waals surface area (Å²) in [5.74, 6) is 0. The Morgan fingerprint density at radius 3 is 1.40 bits per heavy atom. The first kappa shape index (κ1) is 25.2. The molecule has 0 fully saturated rings. The molecule has 1 heterocycles. The molecule has 0 spiro atoms. The summed E-state index contributed by atoms with van der Waals surface area (Å²) in [6.07, 6.45) is 1.95. The third-order valence-electron chi connectivity index (χ3n) is 8.59. The monoisotopic (exact) mass is 547 g/mol. The summed E-state index contributed by atoms with van der Waals surface area (Å²) in [7, 11) is 0. The first-order chi connectivity index (χ1) is 21.2. The molecule has 0 amide bonds. The van der Waals surface area contributed by atoms with Crippen LogP contribution in [0.25, 0.3) is 76.8 Å². The van der Waals surface area contributed by atoms with E-state index >= 15 is 0 Å².